The van der Waals surface area contributed by atoms with Crippen molar-refractivity contribution in [3.8, 4) is 40.1 Å². The number of carbonyl (C=O) groups is 1. The zero-order valence-electron chi connectivity index (χ0n) is 19.2. The Balaban J connectivity index is 1.14. The van der Waals surface area contributed by atoms with Crippen molar-refractivity contribution in [1.29, 1.82) is 0 Å². The highest BCUT2D eigenvalue weighted by Gasteiger charge is 2.05. The van der Waals surface area contributed by atoms with Crippen molar-refractivity contribution in [2.75, 3.05) is 26.9 Å². The van der Waals surface area contributed by atoms with Gasteiger partial charge >= 0.3 is 0 Å². The van der Waals surface area contributed by atoms with E-state index in [0.29, 0.717) is 23.9 Å². The molecule has 1 aromatic heterocycles. The Morgan fingerprint density at radius 1 is 0.743 bits per heavy atom. The summed E-state index contributed by atoms with van der Waals surface area (Å²) in [4.78, 5) is 12.0. The average molecular weight is 472 g/mol. The van der Waals surface area contributed by atoms with Crippen LogP contribution in [0.3, 0.4) is 0 Å². The molecule has 4 rings (SSSR count). The molecule has 0 atom stereocenters. The number of nitrogens with zero attached hydrogens (tertiary/aromatic N) is 2. The lowest BCUT2D eigenvalue weighted by atomic mass is 10.1. The van der Waals surface area contributed by atoms with Crippen molar-refractivity contribution in [1.82, 2.24) is 15.5 Å². The number of ether oxygens (including phenoxy) is 4. The Bertz CT molecular complexity index is 1200. The van der Waals surface area contributed by atoms with Crippen LogP contribution in [0.2, 0.25) is 0 Å². The number of nitrogens with one attached hydrogen (secondary N) is 1. The second-order valence-electron chi connectivity index (χ2n) is 7.36. The standard InChI is InChI=1S/C27H25N3O5/c1-32-21-9-7-20(8-10-21)25-15-16-27(30-29-25)33-18-17-28-26(31)19-34-22-11-13-24(14-12-22)35-23-5-3-2-4-6-23/h2-16H,17-19H2,1H3,(H,28,31). The van der Waals surface area contributed by atoms with Gasteiger partial charge in [-0.05, 0) is 66.7 Å². The summed E-state index contributed by atoms with van der Waals surface area (Å²) in [6, 6.07) is 27.7. The second-order valence-corrected chi connectivity index (χ2v) is 7.36. The van der Waals surface area contributed by atoms with Gasteiger partial charge < -0.3 is 24.3 Å². The molecular weight excluding hydrogens is 446 g/mol. The summed E-state index contributed by atoms with van der Waals surface area (Å²) in [5, 5.41) is 11.0. The Morgan fingerprint density at radius 2 is 1.43 bits per heavy atom. The normalized spacial score (nSPS) is 10.3. The number of hydrogen-bond donors (Lipinski definition) is 1. The minimum Gasteiger partial charge on any atom is -0.497 e. The molecule has 0 aliphatic carbocycles. The Kier molecular flexibility index (Phi) is 8.10. The fourth-order valence-corrected chi connectivity index (χ4v) is 3.09. The lowest BCUT2D eigenvalue weighted by Crippen LogP contribution is -2.32. The molecule has 1 amide bonds. The summed E-state index contributed by atoms with van der Waals surface area (Å²) in [7, 11) is 1.62. The first-order valence-electron chi connectivity index (χ1n) is 11.0. The SMILES string of the molecule is COc1ccc(-c2ccc(OCCNC(=O)COc3ccc(Oc4ccccc4)cc3)nn2)cc1. The number of benzene rings is 3. The minimum absolute atomic E-state index is 0.102. The second kappa shape index (κ2) is 12.0. The first kappa shape index (κ1) is 23.6. The van der Waals surface area contributed by atoms with Gasteiger partial charge in [0.15, 0.2) is 6.61 Å². The molecule has 8 nitrogen and oxygen atoms in total. The van der Waals surface area contributed by atoms with E-state index in [4.69, 9.17) is 18.9 Å². The number of methoxy groups -OCH3 is 1. The Labute approximate surface area is 203 Å². The molecule has 1 N–H and O–H groups in total. The molecular formula is C27H25N3O5. The van der Waals surface area contributed by atoms with E-state index in [-0.39, 0.29) is 19.1 Å². The molecule has 0 saturated carbocycles. The minimum atomic E-state index is -0.251. The topological polar surface area (TPSA) is 91.8 Å². The number of hydrogen-bond acceptors (Lipinski definition) is 7. The van der Waals surface area contributed by atoms with Crippen LogP contribution in [0.1, 0.15) is 0 Å². The fourth-order valence-electron chi connectivity index (χ4n) is 3.09. The van der Waals surface area contributed by atoms with Gasteiger partial charge in [-0.2, -0.15) is 0 Å². The lowest BCUT2D eigenvalue weighted by Gasteiger charge is -2.09. The van der Waals surface area contributed by atoms with Crippen LogP contribution in [0.25, 0.3) is 11.3 Å². The molecule has 1 heterocycles. The summed E-state index contributed by atoms with van der Waals surface area (Å²) >= 11 is 0. The van der Waals surface area contributed by atoms with Crippen molar-refractivity contribution < 1.29 is 23.7 Å². The van der Waals surface area contributed by atoms with Gasteiger partial charge in [-0.3, -0.25) is 4.79 Å². The van der Waals surface area contributed by atoms with Crippen molar-refractivity contribution in [3.05, 3.63) is 91.0 Å². The van der Waals surface area contributed by atoms with Gasteiger partial charge in [-0.25, -0.2) is 0 Å². The molecule has 3 aromatic carbocycles. The van der Waals surface area contributed by atoms with E-state index >= 15 is 0 Å². The summed E-state index contributed by atoms with van der Waals surface area (Å²) < 4.78 is 22.0. The maximum atomic E-state index is 12.0. The van der Waals surface area contributed by atoms with Crippen LogP contribution >= 0.6 is 0 Å². The van der Waals surface area contributed by atoms with Gasteiger partial charge in [0.2, 0.25) is 5.88 Å². The van der Waals surface area contributed by atoms with Gasteiger partial charge in [-0.15, -0.1) is 10.2 Å². The highest BCUT2D eigenvalue weighted by Crippen LogP contribution is 2.23. The van der Waals surface area contributed by atoms with E-state index < -0.39 is 0 Å². The van der Waals surface area contributed by atoms with Crippen LogP contribution in [0.5, 0.6) is 28.9 Å². The molecule has 0 saturated heterocycles. The molecule has 178 valence electrons. The van der Waals surface area contributed by atoms with Gasteiger partial charge in [-0.1, -0.05) is 18.2 Å². The van der Waals surface area contributed by atoms with Crippen molar-refractivity contribution >= 4 is 5.91 Å². The van der Waals surface area contributed by atoms with Gasteiger partial charge in [0.05, 0.1) is 19.3 Å². The number of rotatable bonds is 11. The zero-order chi connectivity index (χ0) is 24.3. The average Bonchev–Trinajstić information content (AvgIpc) is 2.92. The zero-order valence-corrected chi connectivity index (χ0v) is 19.2. The smallest absolute Gasteiger partial charge is 0.258 e. The third-order valence-electron chi connectivity index (χ3n) is 4.87. The van der Waals surface area contributed by atoms with Crippen LogP contribution in [-0.4, -0.2) is 43.0 Å². The van der Waals surface area contributed by atoms with Crippen molar-refractivity contribution in [2.24, 2.45) is 0 Å². The maximum Gasteiger partial charge on any atom is 0.258 e. The first-order valence-corrected chi connectivity index (χ1v) is 11.0. The van der Waals surface area contributed by atoms with E-state index in [0.717, 1.165) is 22.8 Å². The van der Waals surface area contributed by atoms with Crippen LogP contribution in [0, 0.1) is 0 Å². The van der Waals surface area contributed by atoms with E-state index in [9.17, 15) is 4.79 Å². The van der Waals surface area contributed by atoms with Gasteiger partial charge in [0, 0.05) is 11.6 Å². The van der Waals surface area contributed by atoms with Crippen molar-refractivity contribution in [2.45, 2.75) is 0 Å². The highest BCUT2D eigenvalue weighted by atomic mass is 16.5. The maximum absolute atomic E-state index is 12.0. The quantitative estimate of drug-likeness (QED) is 0.322. The molecule has 0 unspecified atom stereocenters. The monoisotopic (exact) mass is 471 g/mol. The summed E-state index contributed by atoms with van der Waals surface area (Å²) in [5.74, 6) is 2.92. The third-order valence-corrected chi connectivity index (χ3v) is 4.87. The van der Waals surface area contributed by atoms with Crippen LogP contribution in [-0.2, 0) is 4.79 Å². The van der Waals surface area contributed by atoms with Crippen LogP contribution < -0.4 is 24.3 Å². The predicted molar refractivity (Wildman–Crippen MR) is 131 cm³/mol. The van der Waals surface area contributed by atoms with Gasteiger partial charge in [0.1, 0.15) is 29.6 Å². The molecule has 0 bridgehead atoms. The molecule has 0 aliphatic rings. The third kappa shape index (κ3) is 7.20. The van der Waals surface area contributed by atoms with E-state index in [1.165, 1.54) is 0 Å². The Hall–Kier alpha value is -4.59. The highest BCUT2D eigenvalue weighted by molar-refractivity contribution is 5.77. The van der Waals surface area contributed by atoms with Crippen LogP contribution in [0.15, 0.2) is 91.0 Å². The van der Waals surface area contributed by atoms with Crippen molar-refractivity contribution in [3.63, 3.8) is 0 Å². The molecule has 0 spiro atoms. The van der Waals surface area contributed by atoms with Crippen LogP contribution in [0.4, 0.5) is 0 Å². The molecule has 0 aliphatic heterocycles. The molecule has 0 fully saturated rings. The number of amides is 1. The first-order chi connectivity index (χ1) is 17.2. The van der Waals surface area contributed by atoms with E-state index in [1.807, 2.05) is 60.7 Å². The lowest BCUT2D eigenvalue weighted by molar-refractivity contribution is -0.123. The number of aromatic nitrogens is 2. The van der Waals surface area contributed by atoms with E-state index in [1.54, 1.807) is 37.4 Å². The van der Waals surface area contributed by atoms with Gasteiger partial charge in [0.25, 0.3) is 5.91 Å². The molecule has 4 aromatic rings. The van der Waals surface area contributed by atoms with E-state index in [2.05, 4.69) is 15.5 Å². The largest absolute Gasteiger partial charge is 0.497 e. The summed E-state index contributed by atoms with van der Waals surface area (Å²) in [6.45, 7) is 0.469. The Morgan fingerprint density at radius 3 is 2.11 bits per heavy atom. The number of para-hydroxylation sites is 1. The summed E-state index contributed by atoms with van der Waals surface area (Å²) in [5.41, 5.74) is 1.65. The molecule has 0 radical (unpaired) electrons. The fraction of sp³-hybridized carbons (Fsp3) is 0.148. The molecule has 8 heteroatoms. The molecule has 35 heavy (non-hydrogen) atoms. The number of carbonyl (C=O) groups excluding carboxylic acids is 1. The predicted octanol–water partition coefficient (Wildman–Crippen LogP) is 4.52. The summed E-state index contributed by atoms with van der Waals surface area (Å²) in [6.07, 6.45) is 0.